The van der Waals surface area contributed by atoms with E-state index in [9.17, 15) is 5.11 Å². The lowest BCUT2D eigenvalue weighted by Gasteiger charge is -2.24. The van der Waals surface area contributed by atoms with Crippen LogP contribution in [0.1, 0.15) is 34.7 Å². The molecule has 1 aliphatic carbocycles. The van der Waals surface area contributed by atoms with Crippen LogP contribution in [0.3, 0.4) is 0 Å². The van der Waals surface area contributed by atoms with E-state index in [1.54, 1.807) is 0 Å². The zero-order valence-electron chi connectivity index (χ0n) is 14.0. The molecule has 1 unspecified atom stereocenters. The van der Waals surface area contributed by atoms with Crippen molar-refractivity contribution in [3.63, 3.8) is 0 Å². The third-order valence-electron chi connectivity index (χ3n) is 4.86. The van der Waals surface area contributed by atoms with Crippen molar-refractivity contribution in [3.05, 3.63) is 107 Å². The van der Waals surface area contributed by atoms with Crippen LogP contribution in [0, 0.1) is 6.92 Å². The molecule has 0 spiro atoms. The summed E-state index contributed by atoms with van der Waals surface area (Å²) in [6, 6.07) is 26.9. The Morgan fingerprint density at radius 3 is 2.04 bits per heavy atom. The normalized spacial score (nSPS) is 19.5. The zero-order valence-corrected chi connectivity index (χ0v) is 14.0. The van der Waals surface area contributed by atoms with Crippen LogP contribution in [0.15, 0.2) is 78.9 Å². The molecule has 118 valence electrons. The Morgan fingerprint density at radius 2 is 1.33 bits per heavy atom. The molecule has 1 nitrogen and oxygen atoms in total. The molecule has 1 aliphatic rings. The summed E-state index contributed by atoms with van der Waals surface area (Å²) in [5.41, 5.74) is 6.63. The van der Waals surface area contributed by atoms with Gasteiger partial charge in [-0.15, -0.1) is 0 Å². The van der Waals surface area contributed by atoms with Crippen molar-refractivity contribution in [1.29, 1.82) is 0 Å². The van der Waals surface area contributed by atoms with Gasteiger partial charge in [0.2, 0.25) is 0 Å². The van der Waals surface area contributed by atoms with E-state index in [4.69, 9.17) is 0 Å². The lowest BCUT2D eigenvalue weighted by atomic mass is 9.87. The van der Waals surface area contributed by atoms with Crippen molar-refractivity contribution in [1.82, 2.24) is 0 Å². The SMILES string of the molecule is Cc1ccc(C2=C(c3ccccc3)C(C)(O)c3ccccc32)cc1. The van der Waals surface area contributed by atoms with E-state index in [-0.39, 0.29) is 0 Å². The van der Waals surface area contributed by atoms with Crippen LogP contribution in [0.5, 0.6) is 0 Å². The maximum atomic E-state index is 11.4. The first-order chi connectivity index (χ1) is 11.6. The third-order valence-corrected chi connectivity index (χ3v) is 4.86. The average molecular weight is 312 g/mol. The second-order valence-electron chi connectivity index (χ2n) is 6.60. The highest BCUT2D eigenvalue weighted by Gasteiger charge is 2.40. The molecular formula is C23H20O. The lowest BCUT2D eigenvalue weighted by Crippen LogP contribution is -2.20. The van der Waals surface area contributed by atoms with Gasteiger partial charge in [0.1, 0.15) is 5.60 Å². The Hall–Kier alpha value is -2.64. The molecule has 3 aromatic carbocycles. The fourth-order valence-electron chi connectivity index (χ4n) is 3.69. The van der Waals surface area contributed by atoms with Gasteiger partial charge in [0.05, 0.1) is 0 Å². The van der Waals surface area contributed by atoms with Gasteiger partial charge in [0, 0.05) is 5.57 Å². The van der Waals surface area contributed by atoms with Gasteiger partial charge in [0.15, 0.2) is 0 Å². The summed E-state index contributed by atoms with van der Waals surface area (Å²) in [6.45, 7) is 3.99. The van der Waals surface area contributed by atoms with Crippen LogP contribution >= 0.6 is 0 Å². The third kappa shape index (κ3) is 2.21. The molecule has 0 aromatic heterocycles. The van der Waals surface area contributed by atoms with E-state index in [1.807, 2.05) is 43.3 Å². The number of aliphatic hydroxyl groups is 1. The van der Waals surface area contributed by atoms with Crippen LogP contribution in [0.25, 0.3) is 11.1 Å². The molecule has 0 radical (unpaired) electrons. The Balaban J connectivity index is 2.06. The molecular weight excluding hydrogens is 292 g/mol. The summed E-state index contributed by atoms with van der Waals surface area (Å²) >= 11 is 0. The average Bonchev–Trinajstić information content (AvgIpc) is 2.84. The van der Waals surface area contributed by atoms with E-state index < -0.39 is 5.60 Å². The number of hydrogen-bond donors (Lipinski definition) is 1. The molecule has 3 aromatic rings. The van der Waals surface area contributed by atoms with E-state index in [0.717, 1.165) is 33.4 Å². The molecule has 0 heterocycles. The van der Waals surface area contributed by atoms with Gasteiger partial charge in [-0.05, 0) is 41.7 Å². The zero-order chi connectivity index (χ0) is 16.7. The van der Waals surface area contributed by atoms with Crippen LogP contribution in [-0.2, 0) is 5.60 Å². The first kappa shape index (κ1) is 14.9. The summed E-state index contributed by atoms with van der Waals surface area (Å²) < 4.78 is 0. The maximum Gasteiger partial charge on any atom is 0.114 e. The summed E-state index contributed by atoms with van der Waals surface area (Å²) in [5, 5.41) is 11.4. The fraction of sp³-hybridized carbons (Fsp3) is 0.130. The molecule has 1 N–H and O–H groups in total. The molecule has 0 fully saturated rings. The van der Waals surface area contributed by atoms with Crippen molar-refractivity contribution in [2.45, 2.75) is 19.4 Å². The molecule has 1 heteroatoms. The molecule has 0 saturated heterocycles. The monoisotopic (exact) mass is 312 g/mol. The van der Waals surface area contributed by atoms with Gasteiger partial charge >= 0.3 is 0 Å². The smallest absolute Gasteiger partial charge is 0.114 e. The van der Waals surface area contributed by atoms with E-state index in [2.05, 4.69) is 49.4 Å². The molecule has 0 bridgehead atoms. The summed E-state index contributed by atoms with van der Waals surface area (Å²) in [4.78, 5) is 0. The van der Waals surface area contributed by atoms with Gasteiger partial charge < -0.3 is 5.11 Å². The number of aryl methyl sites for hydroxylation is 1. The van der Waals surface area contributed by atoms with E-state index >= 15 is 0 Å². The second-order valence-corrected chi connectivity index (χ2v) is 6.60. The quantitative estimate of drug-likeness (QED) is 0.691. The maximum absolute atomic E-state index is 11.4. The van der Waals surface area contributed by atoms with Gasteiger partial charge in [-0.25, -0.2) is 0 Å². The number of benzene rings is 3. The standard InChI is InChI=1S/C23H20O/c1-16-12-14-17(15-13-16)21-19-10-6-7-11-20(19)23(2,24)22(21)18-8-4-3-5-9-18/h3-15,24H,1-2H3. The number of rotatable bonds is 2. The molecule has 0 saturated carbocycles. The molecule has 24 heavy (non-hydrogen) atoms. The van der Waals surface area contributed by atoms with Crippen molar-refractivity contribution in [3.8, 4) is 0 Å². The first-order valence-corrected chi connectivity index (χ1v) is 8.28. The predicted octanol–water partition coefficient (Wildman–Crippen LogP) is 5.18. The van der Waals surface area contributed by atoms with Crippen LogP contribution in [0.4, 0.5) is 0 Å². The minimum absolute atomic E-state index is 0.972. The molecule has 0 aliphatic heterocycles. The van der Waals surface area contributed by atoms with Crippen molar-refractivity contribution >= 4 is 11.1 Å². The number of hydrogen-bond acceptors (Lipinski definition) is 1. The van der Waals surface area contributed by atoms with Gasteiger partial charge in [0.25, 0.3) is 0 Å². The molecule has 1 atom stereocenters. The summed E-state index contributed by atoms with van der Waals surface area (Å²) in [6.07, 6.45) is 0. The Bertz CT molecular complexity index is 916. The molecule has 0 amide bonds. The van der Waals surface area contributed by atoms with Gasteiger partial charge in [-0.2, -0.15) is 0 Å². The van der Waals surface area contributed by atoms with Crippen LogP contribution in [0.2, 0.25) is 0 Å². The van der Waals surface area contributed by atoms with E-state index in [0.29, 0.717) is 0 Å². The van der Waals surface area contributed by atoms with Gasteiger partial charge in [-0.3, -0.25) is 0 Å². The minimum Gasteiger partial charge on any atom is -0.381 e. The highest BCUT2D eigenvalue weighted by Crippen LogP contribution is 2.51. The van der Waals surface area contributed by atoms with Gasteiger partial charge in [-0.1, -0.05) is 84.4 Å². The highest BCUT2D eigenvalue weighted by atomic mass is 16.3. The minimum atomic E-state index is -1.00. The highest BCUT2D eigenvalue weighted by molar-refractivity contribution is 6.06. The largest absolute Gasteiger partial charge is 0.381 e. The van der Waals surface area contributed by atoms with E-state index in [1.165, 1.54) is 5.56 Å². The van der Waals surface area contributed by atoms with Crippen molar-refractivity contribution in [2.24, 2.45) is 0 Å². The fourth-order valence-corrected chi connectivity index (χ4v) is 3.69. The Labute approximate surface area is 142 Å². The van der Waals surface area contributed by atoms with Crippen molar-refractivity contribution < 1.29 is 5.11 Å². The Kier molecular flexibility index (Phi) is 3.40. The summed E-state index contributed by atoms with van der Waals surface area (Å²) in [7, 11) is 0. The van der Waals surface area contributed by atoms with Crippen LogP contribution < -0.4 is 0 Å². The molecule has 4 rings (SSSR count). The topological polar surface area (TPSA) is 20.2 Å². The Morgan fingerprint density at radius 1 is 0.708 bits per heavy atom. The first-order valence-electron chi connectivity index (χ1n) is 8.28. The second kappa shape index (κ2) is 5.47. The van der Waals surface area contributed by atoms with Crippen LogP contribution in [-0.4, -0.2) is 5.11 Å². The predicted molar refractivity (Wildman–Crippen MR) is 99.5 cm³/mol. The lowest BCUT2D eigenvalue weighted by molar-refractivity contribution is 0.125. The summed E-state index contributed by atoms with van der Waals surface area (Å²) in [5.74, 6) is 0. The van der Waals surface area contributed by atoms with Crippen molar-refractivity contribution in [2.75, 3.05) is 0 Å². The number of fused-ring (bicyclic) bond motifs is 1.